The third-order valence-electron chi connectivity index (χ3n) is 2.43. The molecular formula is C13H15NO2S2. The van der Waals surface area contributed by atoms with Crippen molar-refractivity contribution >= 4 is 23.1 Å². The lowest BCUT2D eigenvalue weighted by molar-refractivity contribution is -0.106. The molecule has 0 fully saturated rings. The first kappa shape index (κ1) is 13.5. The van der Waals surface area contributed by atoms with Crippen LogP contribution in [0.5, 0.6) is 0 Å². The molecule has 0 bridgehead atoms. The first-order valence-corrected chi connectivity index (χ1v) is 7.36. The molecule has 0 atom stereocenters. The van der Waals surface area contributed by atoms with Gasteiger partial charge < -0.3 is 9.47 Å². The highest BCUT2D eigenvalue weighted by Gasteiger charge is 2.08. The van der Waals surface area contributed by atoms with Crippen molar-refractivity contribution in [2.24, 2.45) is 0 Å². The van der Waals surface area contributed by atoms with Gasteiger partial charge in [0, 0.05) is 36.3 Å². The second-order valence-electron chi connectivity index (χ2n) is 3.59. The number of ether oxygens (including phenoxy) is 2. The molecule has 1 aromatic heterocycles. The van der Waals surface area contributed by atoms with E-state index in [9.17, 15) is 0 Å². The van der Waals surface area contributed by atoms with Crippen molar-refractivity contribution < 1.29 is 9.47 Å². The number of rotatable bonds is 6. The van der Waals surface area contributed by atoms with Crippen molar-refractivity contribution in [1.82, 2.24) is 4.98 Å². The Hall–Kier alpha value is -0.880. The lowest BCUT2D eigenvalue weighted by Gasteiger charge is -2.13. The van der Waals surface area contributed by atoms with Crippen molar-refractivity contribution in [2.45, 2.75) is 16.9 Å². The monoisotopic (exact) mass is 281 g/mol. The maximum absolute atomic E-state index is 5.21. The van der Waals surface area contributed by atoms with Gasteiger partial charge >= 0.3 is 0 Å². The summed E-state index contributed by atoms with van der Waals surface area (Å²) in [5, 5.41) is 3.15. The molecule has 3 nitrogen and oxygen atoms in total. The molecule has 0 amide bonds. The number of nitrogens with zero attached hydrogens (tertiary/aromatic N) is 1. The number of methoxy groups -OCH3 is 2. The van der Waals surface area contributed by atoms with Gasteiger partial charge in [-0.2, -0.15) is 0 Å². The van der Waals surface area contributed by atoms with Gasteiger partial charge in [0.05, 0.1) is 5.75 Å². The Morgan fingerprint density at radius 2 is 1.94 bits per heavy atom. The molecule has 0 radical (unpaired) electrons. The first-order chi connectivity index (χ1) is 8.83. The molecular weight excluding hydrogens is 266 g/mol. The maximum atomic E-state index is 5.21. The van der Waals surface area contributed by atoms with Gasteiger partial charge in [0.1, 0.15) is 5.01 Å². The van der Waals surface area contributed by atoms with E-state index in [-0.39, 0.29) is 6.29 Å². The summed E-state index contributed by atoms with van der Waals surface area (Å²) in [6, 6.07) is 8.22. The molecule has 0 saturated carbocycles. The number of aromatic nitrogens is 1. The highest BCUT2D eigenvalue weighted by molar-refractivity contribution is 7.98. The Bertz CT molecular complexity index is 452. The molecule has 96 valence electrons. The lowest BCUT2D eigenvalue weighted by atomic mass is 10.2. The molecule has 0 aliphatic rings. The largest absolute Gasteiger partial charge is 0.352 e. The third-order valence-corrected chi connectivity index (χ3v) is 4.41. The molecule has 2 aromatic rings. The molecule has 1 aromatic carbocycles. The van der Waals surface area contributed by atoms with Crippen LogP contribution in [-0.4, -0.2) is 19.2 Å². The van der Waals surface area contributed by atoms with Crippen LogP contribution in [0.2, 0.25) is 0 Å². The number of benzene rings is 1. The predicted octanol–water partition coefficient (Wildman–Crippen LogP) is 3.73. The topological polar surface area (TPSA) is 31.4 Å². The standard InChI is InChI=1S/C13H15NO2S2/c1-15-13(16-2)10-3-5-11(6-4-10)18-9-12-14-7-8-17-12/h3-8,13H,9H2,1-2H3. The molecule has 0 spiro atoms. The lowest BCUT2D eigenvalue weighted by Crippen LogP contribution is -2.02. The van der Waals surface area contributed by atoms with E-state index in [2.05, 4.69) is 17.1 Å². The highest BCUT2D eigenvalue weighted by Crippen LogP contribution is 2.26. The normalized spacial score (nSPS) is 11.1. The smallest absolute Gasteiger partial charge is 0.183 e. The van der Waals surface area contributed by atoms with Crippen molar-refractivity contribution in [3.8, 4) is 0 Å². The zero-order chi connectivity index (χ0) is 12.8. The summed E-state index contributed by atoms with van der Waals surface area (Å²) in [6.45, 7) is 0. The van der Waals surface area contributed by atoms with Crippen molar-refractivity contribution in [2.75, 3.05) is 14.2 Å². The van der Waals surface area contributed by atoms with Crippen molar-refractivity contribution in [1.29, 1.82) is 0 Å². The Kier molecular flexibility index (Phi) is 5.19. The average Bonchev–Trinajstić information content (AvgIpc) is 2.92. The summed E-state index contributed by atoms with van der Waals surface area (Å²) < 4.78 is 10.4. The number of thiazole rings is 1. The van der Waals surface area contributed by atoms with E-state index in [4.69, 9.17) is 9.47 Å². The minimum absolute atomic E-state index is 0.289. The minimum atomic E-state index is -0.289. The van der Waals surface area contributed by atoms with Crippen LogP contribution in [0.4, 0.5) is 0 Å². The van der Waals surface area contributed by atoms with Gasteiger partial charge in [0.15, 0.2) is 6.29 Å². The van der Waals surface area contributed by atoms with E-state index in [1.54, 1.807) is 37.3 Å². The average molecular weight is 281 g/mol. The molecule has 0 N–H and O–H groups in total. The summed E-state index contributed by atoms with van der Waals surface area (Å²) in [7, 11) is 3.28. The SMILES string of the molecule is COC(OC)c1ccc(SCc2nccs2)cc1. The summed E-state index contributed by atoms with van der Waals surface area (Å²) in [6.07, 6.45) is 1.55. The predicted molar refractivity (Wildman–Crippen MR) is 74.9 cm³/mol. The Labute approximate surface area is 115 Å². The summed E-state index contributed by atoms with van der Waals surface area (Å²) >= 11 is 3.47. The summed E-state index contributed by atoms with van der Waals surface area (Å²) in [5.41, 5.74) is 1.03. The molecule has 5 heteroatoms. The molecule has 18 heavy (non-hydrogen) atoms. The van der Waals surface area contributed by atoms with Crippen LogP contribution < -0.4 is 0 Å². The minimum Gasteiger partial charge on any atom is -0.352 e. The van der Waals surface area contributed by atoms with Gasteiger partial charge in [-0.05, 0) is 12.1 Å². The number of hydrogen-bond acceptors (Lipinski definition) is 5. The van der Waals surface area contributed by atoms with Crippen LogP contribution in [0.25, 0.3) is 0 Å². The van der Waals surface area contributed by atoms with Crippen LogP contribution in [-0.2, 0) is 15.2 Å². The van der Waals surface area contributed by atoms with E-state index in [1.807, 2.05) is 23.7 Å². The molecule has 2 rings (SSSR count). The zero-order valence-corrected chi connectivity index (χ0v) is 12.0. The van der Waals surface area contributed by atoms with Crippen LogP contribution >= 0.6 is 23.1 Å². The maximum Gasteiger partial charge on any atom is 0.183 e. The number of thioether (sulfide) groups is 1. The van der Waals surface area contributed by atoms with E-state index in [0.29, 0.717) is 0 Å². The Morgan fingerprint density at radius 1 is 1.22 bits per heavy atom. The van der Waals surface area contributed by atoms with E-state index in [0.717, 1.165) is 16.3 Å². The van der Waals surface area contributed by atoms with Gasteiger partial charge in [-0.25, -0.2) is 4.98 Å². The van der Waals surface area contributed by atoms with Crippen molar-refractivity contribution in [3.63, 3.8) is 0 Å². The van der Waals surface area contributed by atoms with Gasteiger partial charge in [0.25, 0.3) is 0 Å². The van der Waals surface area contributed by atoms with Gasteiger partial charge in [0.2, 0.25) is 0 Å². The second-order valence-corrected chi connectivity index (χ2v) is 5.61. The first-order valence-electron chi connectivity index (χ1n) is 5.50. The fourth-order valence-corrected chi connectivity index (χ4v) is 3.10. The second kappa shape index (κ2) is 6.89. The number of hydrogen-bond donors (Lipinski definition) is 0. The highest BCUT2D eigenvalue weighted by atomic mass is 32.2. The molecule has 0 aliphatic carbocycles. The van der Waals surface area contributed by atoms with E-state index >= 15 is 0 Å². The quantitative estimate of drug-likeness (QED) is 0.596. The molecule has 0 saturated heterocycles. The van der Waals surface area contributed by atoms with Crippen LogP contribution in [0.3, 0.4) is 0 Å². The Balaban J connectivity index is 1.95. The Morgan fingerprint density at radius 3 is 2.50 bits per heavy atom. The van der Waals surface area contributed by atoms with E-state index < -0.39 is 0 Å². The van der Waals surface area contributed by atoms with Crippen molar-refractivity contribution in [3.05, 3.63) is 46.4 Å². The van der Waals surface area contributed by atoms with Gasteiger partial charge in [-0.3, -0.25) is 0 Å². The van der Waals surface area contributed by atoms with Gasteiger partial charge in [-0.1, -0.05) is 12.1 Å². The molecule has 0 aliphatic heterocycles. The van der Waals surface area contributed by atoms with Gasteiger partial charge in [-0.15, -0.1) is 23.1 Å². The summed E-state index contributed by atoms with van der Waals surface area (Å²) in [5.74, 6) is 0.912. The summed E-state index contributed by atoms with van der Waals surface area (Å²) in [4.78, 5) is 5.48. The molecule has 1 heterocycles. The zero-order valence-electron chi connectivity index (χ0n) is 10.3. The molecule has 0 unspecified atom stereocenters. The fraction of sp³-hybridized carbons (Fsp3) is 0.308. The van der Waals surface area contributed by atoms with Crippen LogP contribution in [0.1, 0.15) is 16.9 Å². The third kappa shape index (κ3) is 3.55. The van der Waals surface area contributed by atoms with E-state index in [1.165, 1.54) is 4.90 Å². The van der Waals surface area contributed by atoms with Crippen LogP contribution in [0, 0.1) is 0 Å². The van der Waals surface area contributed by atoms with Crippen LogP contribution in [0.15, 0.2) is 40.7 Å². The fourth-order valence-electron chi connectivity index (χ4n) is 1.56.